The first-order chi connectivity index (χ1) is 8.75. The van der Waals surface area contributed by atoms with Gasteiger partial charge in [0, 0.05) is 18.9 Å². The van der Waals surface area contributed by atoms with Crippen LogP contribution in [-0.2, 0) is 0 Å². The highest BCUT2D eigenvalue weighted by Gasteiger charge is 2.13. The maximum atomic E-state index is 11.9. The molecular weight excluding hydrogens is 297 g/mol. The summed E-state index contributed by atoms with van der Waals surface area (Å²) in [4.78, 5) is 15.9. The summed E-state index contributed by atoms with van der Waals surface area (Å²) in [5.41, 5.74) is 1.66. The monoisotopic (exact) mass is 319 g/mol. The van der Waals surface area contributed by atoms with Crippen LogP contribution in [0.1, 0.15) is 35.2 Å². The SMILES string of the molecule is Cc1cncc(C(=O)NCCC2CCCNC2)c1.Cl.Cl. The molecule has 4 nitrogen and oxygen atoms in total. The first kappa shape index (κ1) is 19.2. The van der Waals surface area contributed by atoms with E-state index in [2.05, 4.69) is 15.6 Å². The maximum absolute atomic E-state index is 11.9. The minimum absolute atomic E-state index is 0. The molecule has 0 bridgehead atoms. The Bertz CT molecular complexity index is 409. The summed E-state index contributed by atoms with van der Waals surface area (Å²) in [5.74, 6) is 0.685. The van der Waals surface area contributed by atoms with Crippen LogP contribution in [0.25, 0.3) is 0 Å². The van der Waals surface area contributed by atoms with Gasteiger partial charge in [-0.05, 0) is 56.8 Å². The molecule has 1 amide bonds. The normalized spacial score (nSPS) is 17.6. The standard InChI is InChI=1S/C14H21N3O.2ClH/c1-11-7-13(10-16-8-11)14(18)17-6-4-12-3-2-5-15-9-12;;/h7-8,10,12,15H,2-6,9H2,1H3,(H,17,18);2*1H. The van der Waals surface area contributed by atoms with Gasteiger partial charge in [0.05, 0.1) is 5.56 Å². The third-order valence-corrected chi connectivity index (χ3v) is 3.37. The second-order valence-corrected chi connectivity index (χ2v) is 5.01. The Hall–Kier alpha value is -0.840. The number of pyridine rings is 1. The third kappa shape index (κ3) is 6.07. The van der Waals surface area contributed by atoms with Crippen molar-refractivity contribution >= 4 is 30.7 Å². The van der Waals surface area contributed by atoms with Gasteiger partial charge in [-0.25, -0.2) is 0 Å². The Kier molecular flexibility index (Phi) is 9.55. The number of carbonyl (C=O) groups is 1. The average Bonchev–Trinajstić information content (AvgIpc) is 2.40. The van der Waals surface area contributed by atoms with Crippen LogP contribution >= 0.6 is 24.8 Å². The molecule has 0 radical (unpaired) electrons. The molecular formula is C14H23Cl2N3O. The number of hydrogen-bond donors (Lipinski definition) is 2. The summed E-state index contributed by atoms with van der Waals surface area (Å²) in [6.07, 6.45) is 6.95. The molecule has 1 fully saturated rings. The lowest BCUT2D eigenvalue weighted by molar-refractivity contribution is 0.0950. The van der Waals surface area contributed by atoms with Crippen molar-refractivity contribution in [3.8, 4) is 0 Å². The first-order valence-electron chi connectivity index (χ1n) is 6.66. The Morgan fingerprint density at radius 1 is 1.45 bits per heavy atom. The highest BCUT2D eigenvalue weighted by molar-refractivity contribution is 5.93. The largest absolute Gasteiger partial charge is 0.352 e. The van der Waals surface area contributed by atoms with Gasteiger partial charge in [-0.3, -0.25) is 9.78 Å². The van der Waals surface area contributed by atoms with Crippen molar-refractivity contribution in [2.75, 3.05) is 19.6 Å². The fraction of sp³-hybridized carbons (Fsp3) is 0.571. The molecule has 1 unspecified atom stereocenters. The Morgan fingerprint density at radius 3 is 2.90 bits per heavy atom. The predicted molar refractivity (Wildman–Crippen MR) is 86.0 cm³/mol. The van der Waals surface area contributed by atoms with Gasteiger partial charge < -0.3 is 10.6 Å². The van der Waals surface area contributed by atoms with Crippen molar-refractivity contribution < 1.29 is 4.79 Å². The fourth-order valence-electron chi connectivity index (χ4n) is 2.34. The van der Waals surface area contributed by atoms with E-state index in [1.165, 1.54) is 12.8 Å². The zero-order chi connectivity index (χ0) is 12.8. The van der Waals surface area contributed by atoms with E-state index in [0.717, 1.165) is 31.6 Å². The molecule has 1 aromatic rings. The minimum Gasteiger partial charge on any atom is -0.352 e. The zero-order valence-corrected chi connectivity index (χ0v) is 13.4. The topological polar surface area (TPSA) is 54.0 Å². The van der Waals surface area contributed by atoms with Crippen molar-refractivity contribution in [3.05, 3.63) is 29.6 Å². The highest BCUT2D eigenvalue weighted by atomic mass is 35.5. The van der Waals surface area contributed by atoms with Crippen LogP contribution in [0.5, 0.6) is 0 Å². The summed E-state index contributed by atoms with van der Waals surface area (Å²) < 4.78 is 0. The van der Waals surface area contributed by atoms with Crippen molar-refractivity contribution in [3.63, 3.8) is 0 Å². The van der Waals surface area contributed by atoms with Crippen molar-refractivity contribution in [2.45, 2.75) is 26.2 Å². The number of nitrogens with one attached hydrogen (secondary N) is 2. The Balaban J connectivity index is 0.00000180. The molecule has 1 aliphatic heterocycles. The summed E-state index contributed by atoms with van der Waals surface area (Å²) >= 11 is 0. The molecule has 0 spiro atoms. The van der Waals surface area contributed by atoms with Gasteiger partial charge in [0.25, 0.3) is 5.91 Å². The number of hydrogen-bond acceptors (Lipinski definition) is 3. The highest BCUT2D eigenvalue weighted by Crippen LogP contribution is 2.13. The molecule has 2 heterocycles. The molecule has 2 rings (SSSR count). The zero-order valence-electron chi connectivity index (χ0n) is 11.7. The van der Waals surface area contributed by atoms with Gasteiger partial charge in [-0.2, -0.15) is 0 Å². The van der Waals surface area contributed by atoms with Crippen LogP contribution in [0.4, 0.5) is 0 Å². The summed E-state index contributed by atoms with van der Waals surface area (Å²) in [7, 11) is 0. The third-order valence-electron chi connectivity index (χ3n) is 3.37. The van der Waals surface area contributed by atoms with Crippen molar-refractivity contribution in [2.24, 2.45) is 5.92 Å². The van der Waals surface area contributed by atoms with E-state index >= 15 is 0 Å². The van der Waals surface area contributed by atoms with Crippen LogP contribution < -0.4 is 10.6 Å². The molecule has 1 saturated heterocycles. The predicted octanol–water partition coefficient (Wildman–Crippen LogP) is 2.35. The molecule has 1 aromatic heterocycles. The summed E-state index contributed by atoms with van der Waals surface area (Å²) in [5, 5.41) is 6.36. The van der Waals surface area contributed by atoms with Crippen LogP contribution in [0.2, 0.25) is 0 Å². The molecule has 114 valence electrons. The molecule has 20 heavy (non-hydrogen) atoms. The van der Waals surface area contributed by atoms with E-state index in [1.54, 1.807) is 12.4 Å². The van der Waals surface area contributed by atoms with Gasteiger partial charge in [0.1, 0.15) is 0 Å². The maximum Gasteiger partial charge on any atom is 0.252 e. The number of piperidine rings is 1. The van der Waals surface area contributed by atoms with Gasteiger partial charge in [-0.1, -0.05) is 0 Å². The number of halogens is 2. The van der Waals surface area contributed by atoms with E-state index in [9.17, 15) is 4.79 Å². The van der Waals surface area contributed by atoms with Gasteiger partial charge in [-0.15, -0.1) is 24.8 Å². The molecule has 0 aromatic carbocycles. The second-order valence-electron chi connectivity index (χ2n) is 5.01. The Labute approximate surface area is 132 Å². The lowest BCUT2D eigenvalue weighted by Crippen LogP contribution is -2.33. The number of nitrogens with zero attached hydrogens (tertiary/aromatic N) is 1. The molecule has 2 N–H and O–H groups in total. The molecule has 0 saturated carbocycles. The van der Waals surface area contributed by atoms with E-state index in [1.807, 2.05) is 13.0 Å². The molecule has 1 aliphatic rings. The van der Waals surface area contributed by atoms with Gasteiger partial charge >= 0.3 is 0 Å². The van der Waals surface area contributed by atoms with Crippen LogP contribution in [-0.4, -0.2) is 30.5 Å². The second kappa shape index (κ2) is 9.97. The Morgan fingerprint density at radius 2 is 2.25 bits per heavy atom. The van der Waals surface area contributed by atoms with E-state index in [4.69, 9.17) is 0 Å². The van der Waals surface area contributed by atoms with Crippen LogP contribution in [0, 0.1) is 12.8 Å². The minimum atomic E-state index is -0.0185. The van der Waals surface area contributed by atoms with E-state index < -0.39 is 0 Å². The van der Waals surface area contributed by atoms with Crippen LogP contribution in [0.3, 0.4) is 0 Å². The smallest absolute Gasteiger partial charge is 0.252 e. The molecule has 0 aliphatic carbocycles. The lowest BCUT2D eigenvalue weighted by atomic mass is 9.96. The summed E-state index contributed by atoms with van der Waals surface area (Å²) in [6, 6.07) is 1.87. The van der Waals surface area contributed by atoms with E-state index in [-0.39, 0.29) is 30.7 Å². The summed E-state index contributed by atoms with van der Waals surface area (Å²) in [6.45, 7) is 4.91. The van der Waals surface area contributed by atoms with Crippen molar-refractivity contribution in [1.29, 1.82) is 0 Å². The van der Waals surface area contributed by atoms with Gasteiger partial charge in [0.15, 0.2) is 0 Å². The molecule has 6 heteroatoms. The van der Waals surface area contributed by atoms with E-state index in [0.29, 0.717) is 11.5 Å². The van der Waals surface area contributed by atoms with Crippen LogP contribution in [0.15, 0.2) is 18.5 Å². The number of rotatable bonds is 4. The van der Waals surface area contributed by atoms with Gasteiger partial charge in [0.2, 0.25) is 0 Å². The number of aryl methyl sites for hydroxylation is 1. The average molecular weight is 320 g/mol. The fourth-order valence-corrected chi connectivity index (χ4v) is 2.34. The van der Waals surface area contributed by atoms with Crippen molar-refractivity contribution in [1.82, 2.24) is 15.6 Å². The quantitative estimate of drug-likeness (QED) is 0.895. The first-order valence-corrected chi connectivity index (χ1v) is 6.66. The number of carbonyl (C=O) groups excluding carboxylic acids is 1. The lowest BCUT2D eigenvalue weighted by Gasteiger charge is -2.22. The molecule has 1 atom stereocenters. The number of aromatic nitrogens is 1. The number of amides is 1.